The summed E-state index contributed by atoms with van der Waals surface area (Å²) in [5.41, 5.74) is 6.30. The van der Waals surface area contributed by atoms with E-state index in [0.29, 0.717) is 12.2 Å². The molecule has 0 saturated heterocycles. The van der Waals surface area contributed by atoms with E-state index >= 15 is 0 Å². The predicted octanol–water partition coefficient (Wildman–Crippen LogP) is 4.63. The zero-order valence-corrected chi connectivity index (χ0v) is 19.4. The highest BCUT2D eigenvalue weighted by Gasteiger charge is 2.31. The summed E-state index contributed by atoms with van der Waals surface area (Å²) in [5.74, 6) is 0.179. The van der Waals surface area contributed by atoms with Crippen molar-refractivity contribution in [3.8, 4) is 11.1 Å². The SMILES string of the molecule is CC1(C)COC(C2=c3c(ccc4c3=CC(C(=O)c3ccc(F)cc3)CC4)-c3ccccc3C2)=N1. The molecule has 1 aliphatic heterocycles. The number of fused-ring (bicyclic) bond motifs is 5. The molecule has 34 heavy (non-hydrogen) atoms. The van der Waals surface area contributed by atoms with Gasteiger partial charge in [-0.25, -0.2) is 9.38 Å². The maximum Gasteiger partial charge on any atom is 0.213 e. The molecule has 0 saturated carbocycles. The first kappa shape index (κ1) is 21.0. The van der Waals surface area contributed by atoms with Crippen LogP contribution >= 0.6 is 0 Å². The molecule has 170 valence electrons. The summed E-state index contributed by atoms with van der Waals surface area (Å²) in [4.78, 5) is 18.2. The van der Waals surface area contributed by atoms with Gasteiger partial charge in [-0.1, -0.05) is 42.5 Å². The van der Waals surface area contributed by atoms with E-state index in [4.69, 9.17) is 9.73 Å². The summed E-state index contributed by atoms with van der Waals surface area (Å²) >= 11 is 0. The summed E-state index contributed by atoms with van der Waals surface area (Å²) in [7, 11) is 0. The van der Waals surface area contributed by atoms with Crippen molar-refractivity contribution in [3.05, 3.63) is 93.6 Å². The third-order valence-electron chi connectivity index (χ3n) is 7.09. The molecule has 1 unspecified atom stereocenters. The smallest absolute Gasteiger partial charge is 0.213 e. The van der Waals surface area contributed by atoms with Gasteiger partial charge in [0, 0.05) is 23.5 Å². The second-order valence-corrected chi connectivity index (χ2v) is 10.1. The Morgan fingerprint density at radius 2 is 1.79 bits per heavy atom. The Kier molecular flexibility index (Phi) is 4.80. The average molecular weight is 452 g/mol. The van der Waals surface area contributed by atoms with Crippen molar-refractivity contribution in [3.63, 3.8) is 0 Å². The number of benzene rings is 3. The van der Waals surface area contributed by atoms with E-state index in [1.807, 2.05) is 0 Å². The minimum atomic E-state index is -0.332. The number of ether oxygens (including phenoxy) is 1. The van der Waals surface area contributed by atoms with E-state index in [2.05, 4.69) is 56.3 Å². The number of ketones is 1. The van der Waals surface area contributed by atoms with Gasteiger partial charge in [-0.05, 0) is 83.6 Å². The molecule has 4 heteroatoms. The van der Waals surface area contributed by atoms with Crippen LogP contribution in [-0.4, -0.2) is 23.8 Å². The maximum absolute atomic E-state index is 13.4. The monoisotopic (exact) mass is 451 g/mol. The number of hydrogen-bond acceptors (Lipinski definition) is 3. The van der Waals surface area contributed by atoms with E-state index < -0.39 is 0 Å². The van der Waals surface area contributed by atoms with Crippen molar-refractivity contribution in [2.24, 2.45) is 10.9 Å². The molecule has 3 aromatic rings. The van der Waals surface area contributed by atoms with Crippen LogP contribution in [-0.2, 0) is 17.6 Å². The zero-order valence-electron chi connectivity index (χ0n) is 19.4. The van der Waals surface area contributed by atoms with E-state index in [1.54, 1.807) is 12.1 Å². The van der Waals surface area contributed by atoms with Crippen LogP contribution in [0, 0.1) is 11.7 Å². The number of Topliss-reactive ketones (excluding diaryl/α,β-unsaturated/α-hetero) is 1. The van der Waals surface area contributed by atoms with Gasteiger partial charge in [-0.2, -0.15) is 0 Å². The van der Waals surface area contributed by atoms with Gasteiger partial charge in [0.2, 0.25) is 5.90 Å². The van der Waals surface area contributed by atoms with Crippen molar-refractivity contribution in [2.45, 2.75) is 38.6 Å². The molecule has 0 aromatic heterocycles. The molecule has 0 fully saturated rings. The predicted molar refractivity (Wildman–Crippen MR) is 133 cm³/mol. The first-order valence-corrected chi connectivity index (χ1v) is 11.9. The fourth-order valence-corrected chi connectivity index (χ4v) is 5.39. The maximum atomic E-state index is 13.4. The fourth-order valence-electron chi connectivity index (χ4n) is 5.39. The normalized spacial score (nSPS) is 19.8. The van der Waals surface area contributed by atoms with Crippen molar-refractivity contribution in [1.82, 2.24) is 0 Å². The van der Waals surface area contributed by atoms with Crippen LogP contribution in [0.4, 0.5) is 4.39 Å². The minimum Gasteiger partial charge on any atom is -0.475 e. The van der Waals surface area contributed by atoms with Gasteiger partial charge >= 0.3 is 0 Å². The average Bonchev–Trinajstić information content (AvgIpc) is 3.22. The summed E-state index contributed by atoms with van der Waals surface area (Å²) < 4.78 is 19.5. The lowest BCUT2D eigenvalue weighted by Crippen LogP contribution is -2.40. The van der Waals surface area contributed by atoms with E-state index in [1.165, 1.54) is 28.8 Å². The molecule has 2 aliphatic carbocycles. The Hall–Kier alpha value is -3.53. The van der Waals surface area contributed by atoms with Gasteiger partial charge in [0.1, 0.15) is 12.4 Å². The molecule has 1 atom stereocenters. The van der Waals surface area contributed by atoms with Crippen LogP contribution in [0.1, 0.15) is 41.8 Å². The van der Waals surface area contributed by atoms with Gasteiger partial charge in [-0.3, -0.25) is 4.79 Å². The van der Waals surface area contributed by atoms with Crippen LogP contribution in [0.15, 0.2) is 65.7 Å². The molecule has 1 heterocycles. The molecule has 0 bridgehead atoms. The van der Waals surface area contributed by atoms with E-state index in [9.17, 15) is 9.18 Å². The second-order valence-electron chi connectivity index (χ2n) is 10.1. The Labute approximate surface area is 198 Å². The van der Waals surface area contributed by atoms with Crippen molar-refractivity contribution in [2.75, 3.05) is 6.61 Å². The number of nitrogens with zero attached hydrogens (tertiary/aromatic N) is 1. The molecule has 0 amide bonds. The number of aliphatic imine (C=N–C) groups is 1. The van der Waals surface area contributed by atoms with Crippen LogP contribution in [0.2, 0.25) is 0 Å². The lowest BCUT2D eigenvalue weighted by atomic mass is 9.80. The third kappa shape index (κ3) is 3.49. The molecule has 3 nitrogen and oxygen atoms in total. The Morgan fingerprint density at radius 3 is 2.56 bits per heavy atom. The zero-order chi connectivity index (χ0) is 23.4. The number of hydrogen-bond donors (Lipinski definition) is 0. The molecule has 0 N–H and O–H groups in total. The standard InChI is InChI=1S/C30H26FNO2/c1-30(2)17-34-29(32-30)26-15-20-5-3-4-6-23(20)24-14-11-18-7-8-21(16-25(18)27(24)26)28(33)19-9-12-22(31)13-10-19/h3-6,9-14,16,21H,7-8,15,17H2,1-2H3. The van der Waals surface area contributed by atoms with Crippen LogP contribution in [0.5, 0.6) is 0 Å². The van der Waals surface area contributed by atoms with Crippen LogP contribution < -0.4 is 10.4 Å². The van der Waals surface area contributed by atoms with Crippen molar-refractivity contribution in [1.29, 1.82) is 0 Å². The lowest BCUT2D eigenvalue weighted by molar-refractivity contribution is 0.0946. The molecule has 3 aliphatic rings. The molecular weight excluding hydrogens is 425 g/mol. The van der Waals surface area contributed by atoms with Gasteiger partial charge in [0.25, 0.3) is 0 Å². The van der Waals surface area contributed by atoms with Gasteiger partial charge in [-0.15, -0.1) is 0 Å². The first-order chi connectivity index (χ1) is 16.4. The van der Waals surface area contributed by atoms with E-state index in [0.717, 1.165) is 46.7 Å². The number of aryl methyl sites for hydroxylation is 1. The largest absolute Gasteiger partial charge is 0.475 e. The Balaban J connectivity index is 1.59. The van der Waals surface area contributed by atoms with E-state index in [-0.39, 0.29) is 23.1 Å². The number of halogens is 1. The summed E-state index contributed by atoms with van der Waals surface area (Å²) in [6.45, 7) is 4.73. The van der Waals surface area contributed by atoms with Crippen LogP contribution in [0.3, 0.4) is 0 Å². The lowest BCUT2D eigenvalue weighted by Gasteiger charge is -2.24. The number of carbonyl (C=O) groups is 1. The summed E-state index contributed by atoms with van der Waals surface area (Å²) in [6.07, 6.45) is 4.44. The summed E-state index contributed by atoms with van der Waals surface area (Å²) in [6, 6.07) is 18.8. The molecular formula is C30H26FNO2. The molecule has 0 spiro atoms. The molecule has 6 rings (SSSR count). The fraction of sp³-hybridized carbons (Fsp3) is 0.267. The highest BCUT2D eigenvalue weighted by atomic mass is 19.1. The number of carbonyl (C=O) groups excluding carboxylic acids is 1. The Bertz CT molecular complexity index is 1480. The first-order valence-electron chi connectivity index (χ1n) is 11.9. The molecule has 0 radical (unpaired) electrons. The summed E-state index contributed by atoms with van der Waals surface area (Å²) in [5, 5.41) is 2.26. The second kappa shape index (κ2) is 7.76. The quantitative estimate of drug-likeness (QED) is 0.545. The van der Waals surface area contributed by atoms with Crippen molar-refractivity contribution < 1.29 is 13.9 Å². The highest BCUT2D eigenvalue weighted by molar-refractivity contribution is 6.16. The third-order valence-corrected chi connectivity index (χ3v) is 7.09. The topological polar surface area (TPSA) is 38.7 Å². The minimum absolute atomic E-state index is 0.0385. The van der Waals surface area contributed by atoms with Gasteiger partial charge in [0.15, 0.2) is 5.78 Å². The van der Waals surface area contributed by atoms with Gasteiger partial charge < -0.3 is 4.74 Å². The number of rotatable bonds is 3. The van der Waals surface area contributed by atoms with Crippen molar-refractivity contribution >= 4 is 23.3 Å². The van der Waals surface area contributed by atoms with Gasteiger partial charge in [0.05, 0.1) is 5.54 Å². The molecule has 3 aromatic carbocycles. The Morgan fingerprint density at radius 1 is 1.00 bits per heavy atom. The van der Waals surface area contributed by atoms with Crippen LogP contribution in [0.25, 0.3) is 22.8 Å². The highest BCUT2D eigenvalue weighted by Crippen LogP contribution is 2.31.